The van der Waals surface area contributed by atoms with Gasteiger partial charge in [0.15, 0.2) is 11.5 Å². The second-order valence-electron chi connectivity index (χ2n) is 6.17. The molecule has 1 aromatic rings. The summed E-state index contributed by atoms with van der Waals surface area (Å²) in [7, 11) is 1.50. The Kier molecular flexibility index (Phi) is 6.38. The lowest BCUT2D eigenvalue weighted by Gasteiger charge is -2.27. The van der Waals surface area contributed by atoms with Gasteiger partial charge in [-0.2, -0.15) is 0 Å². The Hall–Kier alpha value is -2.83. The number of unbranched alkanes of at least 4 members (excludes halogenated alkanes) is 2. The molecule has 0 unspecified atom stereocenters. The molecule has 1 heterocycles. The Morgan fingerprint density at radius 3 is 2.50 bits per heavy atom. The number of benzene rings is 1. The SMILES string of the molecule is COc1ccccc1[C@H]1C(C(C)=O)=C(O)C(=O)N1CCCCCC(=O)O. The van der Waals surface area contributed by atoms with Crippen LogP contribution in [0.15, 0.2) is 35.6 Å². The molecule has 0 spiro atoms. The van der Waals surface area contributed by atoms with Crippen molar-refractivity contribution in [3.05, 3.63) is 41.2 Å². The number of para-hydroxylation sites is 1. The van der Waals surface area contributed by atoms with Crippen LogP contribution in [0.5, 0.6) is 5.75 Å². The number of amides is 1. The van der Waals surface area contributed by atoms with Crippen LogP contribution in [0.25, 0.3) is 0 Å². The maximum atomic E-state index is 12.5. The van der Waals surface area contributed by atoms with Gasteiger partial charge in [0.2, 0.25) is 0 Å². The molecule has 0 radical (unpaired) electrons. The molecule has 7 nitrogen and oxygen atoms in total. The zero-order valence-electron chi connectivity index (χ0n) is 14.9. The molecule has 26 heavy (non-hydrogen) atoms. The smallest absolute Gasteiger partial charge is 0.303 e. The van der Waals surface area contributed by atoms with E-state index in [-0.39, 0.29) is 17.8 Å². The molecule has 0 fully saturated rings. The molecule has 1 amide bonds. The van der Waals surface area contributed by atoms with Crippen molar-refractivity contribution in [3.8, 4) is 5.75 Å². The molecular weight excluding hydrogens is 338 g/mol. The molecule has 1 aliphatic heterocycles. The van der Waals surface area contributed by atoms with Crippen LogP contribution in [0, 0.1) is 0 Å². The van der Waals surface area contributed by atoms with Crippen molar-refractivity contribution in [1.29, 1.82) is 0 Å². The summed E-state index contributed by atoms with van der Waals surface area (Å²) in [6.45, 7) is 1.62. The van der Waals surface area contributed by atoms with Gasteiger partial charge in [0, 0.05) is 18.5 Å². The van der Waals surface area contributed by atoms with Gasteiger partial charge in [-0.1, -0.05) is 24.6 Å². The van der Waals surface area contributed by atoms with Crippen LogP contribution in [0.3, 0.4) is 0 Å². The fourth-order valence-electron chi connectivity index (χ4n) is 3.19. The molecule has 7 heteroatoms. The number of hydrogen-bond acceptors (Lipinski definition) is 5. The number of aliphatic hydroxyl groups is 1. The summed E-state index contributed by atoms with van der Waals surface area (Å²) < 4.78 is 5.36. The number of rotatable bonds is 9. The van der Waals surface area contributed by atoms with Crippen LogP contribution in [0.1, 0.15) is 44.2 Å². The zero-order valence-corrected chi connectivity index (χ0v) is 14.9. The van der Waals surface area contributed by atoms with E-state index in [1.165, 1.54) is 18.9 Å². The predicted octanol–water partition coefficient (Wildman–Crippen LogP) is 2.62. The van der Waals surface area contributed by atoms with Gasteiger partial charge >= 0.3 is 5.97 Å². The summed E-state index contributed by atoms with van der Waals surface area (Å²) in [5.74, 6) is -1.83. The number of carbonyl (C=O) groups is 3. The highest BCUT2D eigenvalue weighted by atomic mass is 16.5. The lowest BCUT2D eigenvalue weighted by Crippen LogP contribution is -2.32. The second kappa shape index (κ2) is 8.51. The number of hydrogen-bond donors (Lipinski definition) is 2. The van der Waals surface area contributed by atoms with Crippen molar-refractivity contribution in [2.45, 2.75) is 38.6 Å². The topological polar surface area (TPSA) is 104 Å². The molecule has 140 valence electrons. The van der Waals surface area contributed by atoms with E-state index in [1.54, 1.807) is 24.3 Å². The summed E-state index contributed by atoms with van der Waals surface area (Å²) in [6, 6.07) is 6.34. The first-order valence-corrected chi connectivity index (χ1v) is 8.48. The summed E-state index contributed by atoms with van der Waals surface area (Å²) in [5.41, 5.74) is 0.688. The Balaban J connectivity index is 2.27. The van der Waals surface area contributed by atoms with Gasteiger partial charge in [-0.25, -0.2) is 0 Å². The fraction of sp³-hybridized carbons (Fsp3) is 0.421. The van der Waals surface area contributed by atoms with Crippen molar-refractivity contribution < 1.29 is 29.3 Å². The number of ketones is 1. The Labute approximate surface area is 151 Å². The summed E-state index contributed by atoms with van der Waals surface area (Å²) >= 11 is 0. The third kappa shape index (κ3) is 4.04. The lowest BCUT2D eigenvalue weighted by atomic mass is 9.95. The maximum absolute atomic E-state index is 12.5. The Morgan fingerprint density at radius 1 is 1.19 bits per heavy atom. The number of ether oxygens (including phenoxy) is 1. The minimum Gasteiger partial charge on any atom is -0.503 e. The number of aliphatic hydroxyl groups excluding tert-OH is 1. The first kappa shape index (κ1) is 19.5. The Bertz CT molecular complexity index is 739. The van der Waals surface area contributed by atoms with Crippen LogP contribution >= 0.6 is 0 Å². The van der Waals surface area contributed by atoms with Crippen LogP contribution < -0.4 is 4.74 Å². The summed E-state index contributed by atoms with van der Waals surface area (Å²) in [5, 5.41) is 18.9. The van der Waals surface area contributed by atoms with Crippen LogP contribution in [0.4, 0.5) is 0 Å². The van der Waals surface area contributed by atoms with Crippen LogP contribution in [-0.2, 0) is 14.4 Å². The first-order chi connectivity index (χ1) is 12.4. The minimum absolute atomic E-state index is 0.0602. The van der Waals surface area contributed by atoms with Crippen LogP contribution in [-0.4, -0.2) is 46.4 Å². The second-order valence-corrected chi connectivity index (χ2v) is 6.17. The third-order valence-electron chi connectivity index (χ3n) is 4.41. The molecule has 1 atom stereocenters. The normalized spacial score (nSPS) is 16.9. The molecule has 0 aromatic heterocycles. The molecule has 2 N–H and O–H groups in total. The van der Waals surface area contributed by atoms with E-state index in [9.17, 15) is 19.5 Å². The summed E-state index contributed by atoms with van der Waals surface area (Å²) in [6.07, 6.45) is 1.79. The average Bonchev–Trinajstić information content (AvgIpc) is 2.85. The standard InChI is InChI=1S/C19H23NO6/c1-12(21)16-17(13-8-5-6-9-14(13)26-2)20(19(25)18(16)24)11-7-3-4-10-15(22)23/h5-6,8-9,17,24H,3-4,7,10-11H2,1-2H3,(H,22,23)/t17-/m0/s1. The lowest BCUT2D eigenvalue weighted by molar-refractivity contribution is -0.137. The van der Waals surface area contributed by atoms with E-state index in [0.29, 0.717) is 37.1 Å². The molecular formula is C19H23NO6. The number of aliphatic carboxylic acids is 1. The van der Waals surface area contributed by atoms with Gasteiger partial charge in [0.25, 0.3) is 5.91 Å². The predicted molar refractivity (Wildman–Crippen MR) is 93.9 cm³/mol. The van der Waals surface area contributed by atoms with Crippen molar-refractivity contribution in [3.63, 3.8) is 0 Å². The fourth-order valence-corrected chi connectivity index (χ4v) is 3.19. The van der Waals surface area contributed by atoms with Crippen molar-refractivity contribution >= 4 is 17.7 Å². The van der Waals surface area contributed by atoms with Gasteiger partial charge in [-0.3, -0.25) is 14.4 Å². The number of carboxylic acids is 1. The number of nitrogens with zero attached hydrogens (tertiary/aromatic N) is 1. The number of carbonyl (C=O) groups excluding carboxylic acids is 2. The van der Waals surface area contributed by atoms with E-state index in [0.717, 1.165) is 0 Å². The van der Waals surface area contributed by atoms with Crippen molar-refractivity contribution in [1.82, 2.24) is 4.90 Å². The van der Waals surface area contributed by atoms with Gasteiger partial charge in [-0.15, -0.1) is 0 Å². The van der Waals surface area contributed by atoms with Crippen LogP contribution in [0.2, 0.25) is 0 Å². The monoisotopic (exact) mass is 361 g/mol. The van der Waals surface area contributed by atoms with E-state index in [2.05, 4.69) is 0 Å². The van der Waals surface area contributed by atoms with Crippen molar-refractivity contribution in [2.75, 3.05) is 13.7 Å². The highest BCUT2D eigenvalue weighted by molar-refractivity contribution is 6.08. The molecule has 1 aliphatic rings. The van der Waals surface area contributed by atoms with E-state index >= 15 is 0 Å². The highest BCUT2D eigenvalue weighted by Gasteiger charge is 2.43. The van der Waals surface area contributed by atoms with Gasteiger partial charge in [-0.05, 0) is 25.8 Å². The van der Waals surface area contributed by atoms with Gasteiger partial charge in [0.05, 0.1) is 18.7 Å². The van der Waals surface area contributed by atoms with Crippen molar-refractivity contribution in [2.24, 2.45) is 0 Å². The molecule has 0 bridgehead atoms. The number of Topliss-reactive ketones (excluding diaryl/α,β-unsaturated/α-hetero) is 1. The molecule has 2 rings (SSSR count). The molecule has 0 aliphatic carbocycles. The quantitative estimate of drug-likeness (QED) is 0.655. The van der Waals surface area contributed by atoms with E-state index in [1.807, 2.05) is 0 Å². The minimum atomic E-state index is -0.854. The average molecular weight is 361 g/mol. The Morgan fingerprint density at radius 2 is 1.88 bits per heavy atom. The zero-order chi connectivity index (χ0) is 19.3. The van der Waals surface area contributed by atoms with E-state index in [4.69, 9.17) is 9.84 Å². The van der Waals surface area contributed by atoms with Gasteiger partial charge < -0.3 is 19.8 Å². The molecule has 0 saturated heterocycles. The first-order valence-electron chi connectivity index (χ1n) is 8.48. The highest BCUT2D eigenvalue weighted by Crippen LogP contribution is 2.41. The number of carboxylic acid groups (broad SMARTS) is 1. The maximum Gasteiger partial charge on any atom is 0.303 e. The molecule has 1 aromatic carbocycles. The molecule has 0 saturated carbocycles. The van der Waals surface area contributed by atoms with Gasteiger partial charge in [0.1, 0.15) is 5.75 Å². The van der Waals surface area contributed by atoms with E-state index < -0.39 is 23.7 Å². The number of methoxy groups -OCH3 is 1. The largest absolute Gasteiger partial charge is 0.503 e. The third-order valence-corrected chi connectivity index (χ3v) is 4.41. The summed E-state index contributed by atoms with van der Waals surface area (Å²) in [4.78, 5) is 36.6.